The van der Waals surface area contributed by atoms with Gasteiger partial charge in [0.15, 0.2) is 0 Å². The fourth-order valence-corrected chi connectivity index (χ4v) is 2.05. The third-order valence-electron chi connectivity index (χ3n) is 3.00. The zero-order valence-corrected chi connectivity index (χ0v) is 9.89. The van der Waals surface area contributed by atoms with Crippen molar-refractivity contribution in [2.24, 2.45) is 0 Å². The fraction of sp³-hybridized carbons (Fsp3) is 0.583. The summed E-state index contributed by atoms with van der Waals surface area (Å²) in [4.78, 5) is 6.68. The van der Waals surface area contributed by atoms with E-state index in [0.717, 1.165) is 31.1 Å². The van der Waals surface area contributed by atoms with Gasteiger partial charge in [0.25, 0.3) is 0 Å². The summed E-state index contributed by atoms with van der Waals surface area (Å²) in [5.41, 5.74) is 6.55. The molecule has 1 aliphatic heterocycles. The average Bonchev–Trinajstić information content (AvgIpc) is 2.29. The quantitative estimate of drug-likeness (QED) is 0.825. The number of nitrogens with two attached hydrogens (primary N) is 1. The van der Waals surface area contributed by atoms with E-state index < -0.39 is 0 Å². The minimum atomic E-state index is 0.256. The molecule has 0 radical (unpaired) electrons. The lowest BCUT2D eigenvalue weighted by atomic mass is 10.1. The van der Waals surface area contributed by atoms with Crippen molar-refractivity contribution in [3.8, 4) is 0 Å². The van der Waals surface area contributed by atoms with Crippen LogP contribution in [0.5, 0.6) is 0 Å². The predicted octanol–water partition coefficient (Wildman–Crippen LogP) is 1.67. The van der Waals surface area contributed by atoms with Crippen LogP contribution in [0.3, 0.4) is 0 Å². The second-order valence-electron chi connectivity index (χ2n) is 4.31. The lowest BCUT2D eigenvalue weighted by molar-refractivity contribution is 0.0296. The van der Waals surface area contributed by atoms with Crippen LogP contribution in [0.25, 0.3) is 0 Å². The van der Waals surface area contributed by atoms with Crippen LogP contribution in [0.1, 0.15) is 20.3 Å². The smallest absolute Gasteiger partial charge is 0.130 e. The Morgan fingerprint density at radius 1 is 1.62 bits per heavy atom. The molecule has 0 spiro atoms. The number of morpholine rings is 1. The van der Waals surface area contributed by atoms with E-state index in [4.69, 9.17) is 10.5 Å². The van der Waals surface area contributed by atoms with Crippen molar-refractivity contribution >= 4 is 11.5 Å². The van der Waals surface area contributed by atoms with E-state index in [1.54, 1.807) is 6.20 Å². The van der Waals surface area contributed by atoms with Gasteiger partial charge in [0.05, 0.1) is 18.8 Å². The summed E-state index contributed by atoms with van der Waals surface area (Å²) in [5.74, 6) is 0.960. The Hall–Kier alpha value is -1.29. The van der Waals surface area contributed by atoms with Gasteiger partial charge in [0.1, 0.15) is 5.82 Å². The Bertz CT molecular complexity index is 356. The number of hydrogen-bond donors (Lipinski definition) is 1. The third kappa shape index (κ3) is 2.27. The predicted molar refractivity (Wildman–Crippen MR) is 65.5 cm³/mol. The molecule has 88 valence electrons. The molecule has 0 amide bonds. The monoisotopic (exact) mass is 221 g/mol. The number of nitrogens with zero attached hydrogens (tertiary/aromatic N) is 2. The molecule has 2 atom stereocenters. The van der Waals surface area contributed by atoms with Crippen LogP contribution < -0.4 is 10.6 Å². The standard InChI is InChI=1S/C12H19N3O/c1-3-11-8-16-9(2)7-15(11)12-6-10(13)4-5-14-12/h4-6,9,11H,3,7-8H2,1-2H3,(H2,13,14). The van der Waals surface area contributed by atoms with E-state index in [0.29, 0.717) is 6.04 Å². The van der Waals surface area contributed by atoms with Gasteiger partial charge in [-0.1, -0.05) is 6.92 Å². The van der Waals surface area contributed by atoms with Gasteiger partial charge in [-0.2, -0.15) is 0 Å². The molecule has 0 aromatic carbocycles. The molecular weight excluding hydrogens is 202 g/mol. The van der Waals surface area contributed by atoms with Crippen LogP contribution in [0.4, 0.5) is 11.5 Å². The Morgan fingerprint density at radius 3 is 3.12 bits per heavy atom. The molecule has 0 saturated carbocycles. The van der Waals surface area contributed by atoms with E-state index in [2.05, 4.69) is 23.7 Å². The molecule has 4 heteroatoms. The maximum absolute atomic E-state index is 5.79. The van der Waals surface area contributed by atoms with Crippen LogP contribution in [-0.4, -0.2) is 30.3 Å². The molecule has 0 aliphatic carbocycles. The lowest BCUT2D eigenvalue weighted by Gasteiger charge is -2.39. The second kappa shape index (κ2) is 4.70. The van der Waals surface area contributed by atoms with Crippen LogP contribution in [0.15, 0.2) is 18.3 Å². The Kier molecular flexibility index (Phi) is 3.29. The first-order chi connectivity index (χ1) is 7.70. The summed E-state index contributed by atoms with van der Waals surface area (Å²) in [5, 5.41) is 0. The van der Waals surface area contributed by atoms with E-state index in [1.165, 1.54) is 0 Å². The van der Waals surface area contributed by atoms with Crippen molar-refractivity contribution in [2.45, 2.75) is 32.4 Å². The van der Waals surface area contributed by atoms with Gasteiger partial charge in [0, 0.05) is 24.5 Å². The van der Waals surface area contributed by atoms with Crippen LogP contribution in [-0.2, 0) is 4.74 Å². The molecule has 1 aromatic heterocycles. The molecule has 1 aliphatic rings. The van der Waals surface area contributed by atoms with Crippen LogP contribution in [0, 0.1) is 0 Å². The first kappa shape index (κ1) is 11.2. The summed E-state index contributed by atoms with van der Waals surface area (Å²) < 4.78 is 5.66. The number of anilines is 2. The van der Waals surface area contributed by atoms with E-state index in [1.807, 2.05) is 12.1 Å². The van der Waals surface area contributed by atoms with Crippen molar-refractivity contribution in [2.75, 3.05) is 23.8 Å². The van der Waals surface area contributed by atoms with Gasteiger partial charge in [-0.15, -0.1) is 0 Å². The topological polar surface area (TPSA) is 51.4 Å². The molecule has 0 bridgehead atoms. The number of hydrogen-bond acceptors (Lipinski definition) is 4. The molecule has 4 nitrogen and oxygen atoms in total. The minimum absolute atomic E-state index is 0.256. The third-order valence-corrected chi connectivity index (χ3v) is 3.00. The SMILES string of the molecule is CCC1COC(C)CN1c1cc(N)ccn1. The Labute approximate surface area is 96.4 Å². The van der Waals surface area contributed by atoms with Crippen molar-refractivity contribution < 1.29 is 4.74 Å². The Morgan fingerprint density at radius 2 is 2.44 bits per heavy atom. The van der Waals surface area contributed by atoms with Gasteiger partial charge < -0.3 is 15.4 Å². The number of rotatable bonds is 2. The highest BCUT2D eigenvalue weighted by atomic mass is 16.5. The van der Waals surface area contributed by atoms with Crippen molar-refractivity contribution in [1.29, 1.82) is 0 Å². The summed E-state index contributed by atoms with van der Waals surface area (Å²) in [6, 6.07) is 4.15. The lowest BCUT2D eigenvalue weighted by Crippen LogP contribution is -2.49. The van der Waals surface area contributed by atoms with E-state index >= 15 is 0 Å². The maximum atomic E-state index is 5.79. The molecule has 2 N–H and O–H groups in total. The number of nitrogen functional groups attached to an aromatic ring is 1. The number of aromatic nitrogens is 1. The molecule has 1 fully saturated rings. The molecular formula is C12H19N3O. The molecule has 2 heterocycles. The minimum Gasteiger partial charge on any atom is -0.399 e. The highest BCUT2D eigenvalue weighted by molar-refractivity contribution is 5.51. The molecule has 2 rings (SSSR count). The number of pyridine rings is 1. The van der Waals surface area contributed by atoms with Crippen molar-refractivity contribution in [3.05, 3.63) is 18.3 Å². The zero-order chi connectivity index (χ0) is 11.5. The van der Waals surface area contributed by atoms with Crippen LogP contribution >= 0.6 is 0 Å². The summed E-state index contributed by atoms with van der Waals surface area (Å²) >= 11 is 0. The molecule has 1 aromatic rings. The molecule has 1 saturated heterocycles. The summed E-state index contributed by atoms with van der Waals surface area (Å²) in [6.45, 7) is 5.91. The van der Waals surface area contributed by atoms with Crippen molar-refractivity contribution in [1.82, 2.24) is 4.98 Å². The normalized spacial score (nSPS) is 25.8. The highest BCUT2D eigenvalue weighted by Crippen LogP contribution is 2.22. The zero-order valence-electron chi connectivity index (χ0n) is 9.89. The van der Waals surface area contributed by atoms with Gasteiger partial charge in [-0.05, 0) is 19.4 Å². The van der Waals surface area contributed by atoms with Gasteiger partial charge >= 0.3 is 0 Å². The molecule has 16 heavy (non-hydrogen) atoms. The summed E-state index contributed by atoms with van der Waals surface area (Å²) in [7, 11) is 0. The highest BCUT2D eigenvalue weighted by Gasteiger charge is 2.26. The maximum Gasteiger partial charge on any atom is 0.130 e. The first-order valence-electron chi connectivity index (χ1n) is 5.80. The number of ether oxygens (including phenoxy) is 1. The summed E-state index contributed by atoms with van der Waals surface area (Å²) in [6.07, 6.45) is 3.08. The van der Waals surface area contributed by atoms with Gasteiger partial charge in [0.2, 0.25) is 0 Å². The van der Waals surface area contributed by atoms with E-state index in [9.17, 15) is 0 Å². The van der Waals surface area contributed by atoms with Gasteiger partial charge in [-0.25, -0.2) is 4.98 Å². The average molecular weight is 221 g/mol. The second-order valence-corrected chi connectivity index (χ2v) is 4.31. The van der Waals surface area contributed by atoms with Gasteiger partial charge in [-0.3, -0.25) is 0 Å². The Balaban J connectivity index is 2.22. The molecule has 2 unspecified atom stereocenters. The van der Waals surface area contributed by atoms with Crippen molar-refractivity contribution in [3.63, 3.8) is 0 Å². The fourth-order valence-electron chi connectivity index (χ4n) is 2.05. The van der Waals surface area contributed by atoms with Crippen LogP contribution in [0.2, 0.25) is 0 Å². The first-order valence-corrected chi connectivity index (χ1v) is 5.80. The largest absolute Gasteiger partial charge is 0.399 e. The van der Waals surface area contributed by atoms with E-state index in [-0.39, 0.29) is 6.10 Å².